The minimum atomic E-state index is -0.325. The van der Waals surface area contributed by atoms with Crippen molar-refractivity contribution in [3.8, 4) is 5.75 Å². The number of rotatable bonds is 8. The molecule has 3 nitrogen and oxygen atoms in total. The van der Waals surface area contributed by atoms with E-state index in [-0.39, 0.29) is 18.8 Å². The molecule has 0 saturated heterocycles. The van der Waals surface area contributed by atoms with Crippen molar-refractivity contribution >= 4 is 0 Å². The summed E-state index contributed by atoms with van der Waals surface area (Å²) in [5.41, 5.74) is 7.31. The molecule has 0 aliphatic rings. The third kappa shape index (κ3) is 4.84. The largest absolute Gasteiger partial charge is 0.486 e. The first-order valence-electron chi connectivity index (χ1n) is 7.25. The van der Waals surface area contributed by atoms with E-state index < -0.39 is 0 Å². The van der Waals surface area contributed by atoms with Crippen LogP contribution in [0.4, 0.5) is 0 Å². The van der Waals surface area contributed by atoms with E-state index in [1.54, 1.807) is 0 Å². The van der Waals surface area contributed by atoms with E-state index in [1.807, 2.05) is 12.1 Å². The SMILES string of the molecule is CCCC(N)C(CO)Oc1ccc(C(C)CC)cc1. The van der Waals surface area contributed by atoms with Gasteiger partial charge in [0.25, 0.3) is 0 Å². The van der Waals surface area contributed by atoms with Gasteiger partial charge in [0.15, 0.2) is 0 Å². The highest BCUT2D eigenvalue weighted by Gasteiger charge is 2.18. The lowest BCUT2D eigenvalue weighted by Crippen LogP contribution is -2.41. The van der Waals surface area contributed by atoms with E-state index in [0.29, 0.717) is 5.92 Å². The molecular formula is C16H27NO2. The van der Waals surface area contributed by atoms with Crippen LogP contribution in [0, 0.1) is 0 Å². The molecule has 0 fully saturated rings. The topological polar surface area (TPSA) is 55.5 Å². The fourth-order valence-electron chi connectivity index (χ4n) is 2.06. The molecule has 0 aromatic heterocycles. The number of aliphatic hydroxyl groups excluding tert-OH is 1. The van der Waals surface area contributed by atoms with E-state index in [0.717, 1.165) is 25.0 Å². The molecule has 0 spiro atoms. The van der Waals surface area contributed by atoms with Crippen LogP contribution in [-0.4, -0.2) is 23.9 Å². The highest BCUT2D eigenvalue weighted by molar-refractivity contribution is 5.29. The molecule has 0 amide bonds. The monoisotopic (exact) mass is 265 g/mol. The Morgan fingerprint density at radius 3 is 2.32 bits per heavy atom. The molecular weight excluding hydrogens is 238 g/mol. The van der Waals surface area contributed by atoms with Crippen LogP contribution in [-0.2, 0) is 0 Å². The van der Waals surface area contributed by atoms with Crippen LogP contribution in [0.5, 0.6) is 5.75 Å². The molecule has 3 atom stereocenters. The second kappa shape index (κ2) is 8.18. The first-order chi connectivity index (χ1) is 9.12. The lowest BCUT2D eigenvalue weighted by Gasteiger charge is -2.23. The summed E-state index contributed by atoms with van der Waals surface area (Å²) in [6, 6.07) is 7.97. The summed E-state index contributed by atoms with van der Waals surface area (Å²) in [5.74, 6) is 1.34. The van der Waals surface area contributed by atoms with E-state index in [4.69, 9.17) is 10.5 Å². The molecule has 3 N–H and O–H groups in total. The molecule has 1 rings (SSSR count). The normalized spacial score (nSPS) is 15.8. The van der Waals surface area contributed by atoms with Crippen molar-refractivity contribution in [3.05, 3.63) is 29.8 Å². The Labute approximate surface area is 116 Å². The number of ether oxygens (including phenoxy) is 1. The van der Waals surface area contributed by atoms with E-state index in [2.05, 4.69) is 32.9 Å². The van der Waals surface area contributed by atoms with Crippen LogP contribution in [0.2, 0.25) is 0 Å². The van der Waals surface area contributed by atoms with Crippen molar-refractivity contribution in [2.24, 2.45) is 5.73 Å². The fraction of sp³-hybridized carbons (Fsp3) is 0.625. The average Bonchev–Trinajstić information content (AvgIpc) is 2.44. The van der Waals surface area contributed by atoms with Crippen LogP contribution >= 0.6 is 0 Å². The molecule has 0 aliphatic heterocycles. The molecule has 0 heterocycles. The molecule has 108 valence electrons. The Bertz CT molecular complexity index is 350. The van der Waals surface area contributed by atoms with Gasteiger partial charge in [0, 0.05) is 6.04 Å². The lowest BCUT2D eigenvalue weighted by molar-refractivity contribution is 0.0916. The molecule has 1 aromatic carbocycles. The number of nitrogens with two attached hydrogens (primary N) is 1. The third-order valence-corrected chi connectivity index (χ3v) is 3.63. The summed E-state index contributed by atoms with van der Waals surface area (Å²) in [6.07, 6.45) is 2.65. The average molecular weight is 265 g/mol. The summed E-state index contributed by atoms with van der Waals surface area (Å²) in [5, 5.41) is 9.36. The predicted molar refractivity (Wildman–Crippen MR) is 79.5 cm³/mol. The van der Waals surface area contributed by atoms with Gasteiger partial charge in [-0.15, -0.1) is 0 Å². The van der Waals surface area contributed by atoms with Crippen LogP contribution in [0.15, 0.2) is 24.3 Å². The zero-order valence-corrected chi connectivity index (χ0v) is 12.3. The van der Waals surface area contributed by atoms with Crippen molar-refractivity contribution < 1.29 is 9.84 Å². The van der Waals surface area contributed by atoms with Crippen molar-refractivity contribution in [2.75, 3.05) is 6.61 Å². The third-order valence-electron chi connectivity index (χ3n) is 3.63. The number of hydrogen-bond donors (Lipinski definition) is 2. The van der Waals surface area contributed by atoms with E-state index in [1.165, 1.54) is 5.56 Å². The molecule has 0 aliphatic carbocycles. The minimum absolute atomic E-state index is 0.0473. The van der Waals surface area contributed by atoms with E-state index in [9.17, 15) is 5.11 Å². The number of aliphatic hydroxyl groups is 1. The Hall–Kier alpha value is -1.06. The van der Waals surface area contributed by atoms with Gasteiger partial charge in [0.2, 0.25) is 0 Å². The summed E-state index contributed by atoms with van der Waals surface area (Å²) in [4.78, 5) is 0. The molecule has 0 saturated carbocycles. The van der Waals surface area contributed by atoms with Crippen molar-refractivity contribution in [1.29, 1.82) is 0 Å². The smallest absolute Gasteiger partial charge is 0.137 e. The minimum Gasteiger partial charge on any atom is -0.486 e. The van der Waals surface area contributed by atoms with Gasteiger partial charge in [0.05, 0.1) is 6.61 Å². The van der Waals surface area contributed by atoms with Gasteiger partial charge >= 0.3 is 0 Å². The molecule has 0 bridgehead atoms. The lowest BCUT2D eigenvalue weighted by atomic mass is 9.99. The summed E-state index contributed by atoms with van der Waals surface area (Å²) >= 11 is 0. The van der Waals surface area contributed by atoms with Gasteiger partial charge in [-0.3, -0.25) is 0 Å². The Morgan fingerprint density at radius 2 is 1.84 bits per heavy atom. The highest BCUT2D eigenvalue weighted by Crippen LogP contribution is 2.22. The molecule has 3 heteroatoms. The number of hydrogen-bond acceptors (Lipinski definition) is 3. The van der Waals surface area contributed by atoms with Gasteiger partial charge in [-0.05, 0) is 36.5 Å². The Morgan fingerprint density at radius 1 is 1.21 bits per heavy atom. The van der Waals surface area contributed by atoms with Gasteiger partial charge in [-0.2, -0.15) is 0 Å². The second-order valence-corrected chi connectivity index (χ2v) is 5.17. The maximum Gasteiger partial charge on any atom is 0.137 e. The maximum absolute atomic E-state index is 9.36. The van der Waals surface area contributed by atoms with Gasteiger partial charge in [-0.1, -0.05) is 39.3 Å². The van der Waals surface area contributed by atoms with Crippen LogP contribution < -0.4 is 10.5 Å². The summed E-state index contributed by atoms with van der Waals surface area (Å²) in [7, 11) is 0. The summed E-state index contributed by atoms with van der Waals surface area (Å²) in [6.45, 7) is 6.42. The molecule has 3 unspecified atom stereocenters. The standard InChI is InChI=1S/C16H27NO2/c1-4-6-15(17)16(11-18)19-14-9-7-13(8-10-14)12(3)5-2/h7-10,12,15-16,18H,4-6,11,17H2,1-3H3. The first-order valence-corrected chi connectivity index (χ1v) is 7.25. The maximum atomic E-state index is 9.36. The molecule has 0 radical (unpaired) electrons. The van der Waals surface area contributed by atoms with Gasteiger partial charge in [0.1, 0.15) is 11.9 Å². The van der Waals surface area contributed by atoms with Crippen LogP contribution in [0.3, 0.4) is 0 Å². The van der Waals surface area contributed by atoms with Crippen LogP contribution in [0.25, 0.3) is 0 Å². The Balaban J connectivity index is 2.65. The Kier molecular flexibility index (Phi) is 6.89. The zero-order valence-electron chi connectivity index (χ0n) is 12.3. The van der Waals surface area contributed by atoms with Gasteiger partial charge < -0.3 is 15.6 Å². The summed E-state index contributed by atoms with van der Waals surface area (Å²) < 4.78 is 5.77. The highest BCUT2D eigenvalue weighted by atomic mass is 16.5. The molecule has 19 heavy (non-hydrogen) atoms. The number of benzene rings is 1. The van der Waals surface area contributed by atoms with Crippen LogP contribution in [0.1, 0.15) is 51.5 Å². The van der Waals surface area contributed by atoms with E-state index >= 15 is 0 Å². The first kappa shape index (κ1) is 16.0. The quantitative estimate of drug-likeness (QED) is 0.759. The molecule has 1 aromatic rings. The fourth-order valence-corrected chi connectivity index (χ4v) is 2.06. The second-order valence-electron chi connectivity index (χ2n) is 5.17. The zero-order chi connectivity index (χ0) is 14.3. The predicted octanol–water partition coefficient (Wildman–Crippen LogP) is 3.07. The van der Waals surface area contributed by atoms with Gasteiger partial charge in [-0.25, -0.2) is 0 Å². The van der Waals surface area contributed by atoms with Crippen molar-refractivity contribution in [1.82, 2.24) is 0 Å². The van der Waals surface area contributed by atoms with Crippen molar-refractivity contribution in [2.45, 2.75) is 58.1 Å². The van der Waals surface area contributed by atoms with Crippen molar-refractivity contribution in [3.63, 3.8) is 0 Å².